The van der Waals surface area contributed by atoms with E-state index in [1.165, 1.54) is 7.11 Å². The van der Waals surface area contributed by atoms with Gasteiger partial charge in [0.15, 0.2) is 0 Å². The molecular weight excluding hydrogens is 336 g/mol. The van der Waals surface area contributed by atoms with Gasteiger partial charge < -0.3 is 4.74 Å². The number of methoxy groups -OCH3 is 1. The third kappa shape index (κ3) is 4.95. The highest BCUT2D eigenvalue weighted by molar-refractivity contribution is 5.83. The average molecular weight is 383 g/mol. The highest BCUT2D eigenvalue weighted by Crippen LogP contribution is 2.61. The number of hydrogen-bond donors (Lipinski definition) is 0. The Labute approximate surface area is 169 Å². The summed E-state index contributed by atoms with van der Waals surface area (Å²) < 4.78 is 5.21. The smallest absolute Gasteiger partial charge is 0.312 e. The van der Waals surface area contributed by atoms with Gasteiger partial charge in [-0.2, -0.15) is 0 Å². The lowest BCUT2D eigenvalue weighted by atomic mass is 9.46. The first kappa shape index (κ1) is 26.1. The van der Waals surface area contributed by atoms with Gasteiger partial charge in [0, 0.05) is 5.41 Å². The first-order chi connectivity index (χ1) is 11.6. The van der Waals surface area contributed by atoms with E-state index in [9.17, 15) is 9.59 Å². The van der Waals surface area contributed by atoms with E-state index in [4.69, 9.17) is 4.74 Å². The molecule has 3 heteroatoms. The van der Waals surface area contributed by atoms with Gasteiger partial charge in [0.25, 0.3) is 0 Å². The van der Waals surface area contributed by atoms with Gasteiger partial charge >= 0.3 is 5.97 Å². The van der Waals surface area contributed by atoms with Gasteiger partial charge in [-0.15, -0.1) is 0 Å². The molecule has 0 aliphatic rings. The van der Waals surface area contributed by atoms with Crippen LogP contribution >= 0.6 is 0 Å². The van der Waals surface area contributed by atoms with E-state index in [-0.39, 0.29) is 33.4 Å². The molecule has 0 N–H and O–H groups in total. The number of rotatable bonds is 7. The Bertz CT molecular complexity index is 557. The highest BCUT2D eigenvalue weighted by atomic mass is 16.5. The van der Waals surface area contributed by atoms with Crippen molar-refractivity contribution in [1.82, 2.24) is 0 Å². The van der Waals surface area contributed by atoms with Crippen molar-refractivity contribution in [3.05, 3.63) is 0 Å². The summed E-state index contributed by atoms with van der Waals surface area (Å²) in [6, 6.07) is 0. The van der Waals surface area contributed by atoms with Gasteiger partial charge in [-0.05, 0) is 48.3 Å². The number of carbonyl (C=O) groups excluding carboxylic acids is 2. The van der Waals surface area contributed by atoms with E-state index >= 15 is 0 Å². The predicted octanol–water partition coefficient (Wildman–Crippen LogP) is 6.69. The maximum absolute atomic E-state index is 12.9. The second-order valence-electron chi connectivity index (χ2n) is 12.4. The van der Waals surface area contributed by atoms with Crippen LogP contribution in [0.15, 0.2) is 0 Å². The zero-order valence-corrected chi connectivity index (χ0v) is 20.6. The van der Waals surface area contributed by atoms with Crippen LogP contribution in [0.5, 0.6) is 0 Å². The molecule has 0 saturated heterocycles. The van der Waals surface area contributed by atoms with Crippen LogP contribution in [0.1, 0.15) is 103 Å². The summed E-state index contributed by atoms with van der Waals surface area (Å²) in [6.45, 7) is 27.4. The molecule has 0 radical (unpaired) electrons. The number of ether oxygens (including phenoxy) is 1. The first-order valence-electron chi connectivity index (χ1n) is 10.2. The molecule has 0 aliphatic carbocycles. The van der Waals surface area contributed by atoms with Crippen molar-refractivity contribution in [1.29, 1.82) is 0 Å². The number of Topliss-reactive ketones (excluding diaryl/α,β-unsaturated/α-hetero) is 1. The Hall–Kier alpha value is -0.860. The van der Waals surface area contributed by atoms with Crippen molar-refractivity contribution in [2.75, 3.05) is 7.11 Å². The third-order valence-electron chi connectivity index (χ3n) is 7.82. The summed E-state index contributed by atoms with van der Waals surface area (Å²) in [7, 11) is 1.46. The van der Waals surface area contributed by atoms with E-state index in [0.717, 1.165) is 6.42 Å². The summed E-state index contributed by atoms with van der Waals surface area (Å²) >= 11 is 0. The SMILES string of the molecule is COC(=O)C(C)(CC(C)(C)C(C)(C)C(C)(CC(C)(C)C)C(C)=O)C(C)(C)C. The molecule has 3 nitrogen and oxygen atoms in total. The van der Waals surface area contributed by atoms with Crippen LogP contribution in [0.3, 0.4) is 0 Å². The summed E-state index contributed by atoms with van der Waals surface area (Å²) in [5, 5.41) is 0. The Morgan fingerprint density at radius 3 is 1.37 bits per heavy atom. The molecule has 0 aromatic heterocycles. The molecular formula is C24H46O3. The fourth-order valence-electron chi connectivity index (χ4n) is 4.57. The zero-order valence-electron chi connectivity index (χ0n) is 20.6. The van der Waals surface area contributed by atoms with Gasteiger partial charge in [-0.25, -0.2) is 0 Å². The number of hydrogen-bond acceptors (Lipinski definition) is 3. The minimum absolute atomic E-state index is 0.0312. The largest absolute Gasteiger partial charge is 0.469 e. The minimum atomic E-state index is -0.651. The third-order valence-corrected chi connectivity index (χ3v) is 7.82. The van der Waals surface area contributed by atoms with Crippen LogP contribution in [0, 0.1) is 32.5 Å². The molecule has 27 heavy (non-hydrogen) atoms. The fourth-order valence-corrected chi connectivity index (χ4v) is 4.57. The van der Waals surface area contributed by atoms with E-state index in [0.29, 0.717) is 6.42 Å². The van der Waals surface area contributed by atoms with Crippen LogP contribution in [-0.2, 0) is 14.3 Å². The number of esters is 1. The van der Waals surface area contributed by atoms with Gasteiger partial charge in [-0.3, -0.25) is 9.59 Å². The lowest BCUT2D eigenvalue weighted by molar-refractivity contribution is -0.168. The van der Waals surface area contributed by atoms with Crippen LogP contribution in [0.4, 0.5) is 0 Å². The molecule has 0 aromatic carbocycles. The lowest BCUT2D eigenvalue weighted by Crippen LogP contribution is -2.55. The summed E-state index contributed by atoms with van der Waals surface area (Å²) in [4.78, 5) is 25.7. The van der Waals surface area contributed by atoms with Crippen molar-refractivity contribution in [3.8, 4) is 0 Å². The lowest BCUT2D eigenvalue weighted by Gasteiger charge is -2.57. The van der Waals surface area contributed by atoms with Crippen molar-refractivity contribution >= 4 is 11.8 Å². The Kier molecular flexibility index (Phi) is 7.28. The molecule has 0 rings (SSSR count). The van der Waals surface area contributed by atoms with E-state index in [1.54, 1.807) is 6.92 Å². The molecule has 0 aromatic rings. The minimum Gasteiger partial charge on any atom is -0.469 e. The summed E-state index contributed by atoms with van der Waals surface area (Å²) in [5.41, 5.74) is -1.96. The van der Waals surface area contributed by atoms with Crippen LogP contribution in [0.25, 0.3) is 0 Å². The molecule has 0 aliphatic heterocycles. The molecule has 2 unspecified atom stereocenters. The normalized spacial score (nSPS) is 18.4. The molecule has 0 fully saturated rings. The van der Waals surface area contributed by atoms with Crippen LogP contribution in [0.2, 0.25) is 0 Å². The maximum atomic E-state index is 12.9. The molecule has 2 atom stereocenters. The van der Waals surface area contributed by atoms with Crippen LogP contribution < -0.4 is 0 Å². The van der Waals surface area contributed by atoms with Gasteiger partial charge in [0.1, 0.15) is 5.78 Å². The topological polar surface area (TPSA) is 43.4 Å². The van der Waals surface area contributed by atoms with E-state index in [2.05, 4.69) is 76.2 Å². The Balaban J connectivity index is 6.36. The standard InChI is InChI=1S/C24H46O3/c1-17(25)23(12,15-19(2,3)4)22(10,11)21(8,9)16-24(13,18(26)27-14)20(5,6)7/h15-16H2,1-14H3. The van der Waals surface area contributed by atoms with Gasteiger partial charge in [0.05, 0.1) is 12.5 Å². The Morgan fingerprint density at radius 1 is 0.704 bits per heavy atom. The Morgan fingerprint density at radius 2 is 1.11 bits per heavy atom. The zero-order chi connectivity index (χ0) is 22.3. The molecule has 0 spiro atoms. The first-order valence-corrected chi connectivity index (χ1v) is 10.2. The van der Waals surface area contributed by atoms with Crippen molar-refractivity contribution < 1.29 is 14.3 Å². The van der Waals surface area contributed by atoms with E-state index in [1.807, 2.05) is 6.92 Å². The molecule has 160 valence electrons. The average Bonchev–Trinajstić information content (AvgIpc) is 2.41. The van der Waals surface area contributed by atoms with Crippen molar-refractivity contribution in [2.45, 2.75) is 103 Å². The maximum Gasteiger partial charge on any atom is 0.312 e. The second-order valence-corrected chi connectivity index (χ2v) is 12.4. The quantitative estimate of drug-likeness (QED) is 0.461. The molecule has 0 heterocycles. The monoisotopic (exact) mass is 382 g/mol. The molecule has 0 saturated carbocycles. The van der Waals surface area contributed by atoms with Gasteiger partial charge in [-0.1, -0.05) is 76.2 Å². The van der Waals surface area contributed by atoms with Crippen LogP contribution in [-0.4, -0.2) is 18.9 Å². The number of ketones is 1. The van der Waals surface area contributed by atoms with E-state index < -0.39 is 10.8 Å². The summed E-state index contributed by atoms with van der Waals surface area (Å²) in [6.07, 6.45) is 1.45. The molecule has 0 bridgehead atoms. The summed E-state index contributed by atoms with van der Waals surface area (Å²) in [5.74, 6) is 0.0326. The van der Waals surface area contributed by atoms with Crippen molar-refractivity contribution in [3.63, 3.8) is 0 Å². The fraction of sp³-hybridized carbons (Fsp3) is 0.917. The predicted molar refractivity (Wildman–Crippen MR) is 115 cm³/mol. The highest BCUT2D eigenvalue weighted by Gasteiger charge is 2.58. The number of carbonyl (C=O) groups is 2. The van der Waals surface area contributed by atoms with Gasteiger partial charge in [0.2, 0.25) is 0 Å². The molecule has 0 amide bonds. The van der Waals surface area contributed by atoms with Crippen molar-refractivity contribution in [2.24, 2.45) is 32.5 Å². The second kappa shape index (κ2) is 7.52.